The zero-order valence-corrected chi connectivity index (χ0v) is 18.3. The fourth-order valence-corrected chi connectivity index (χ4v) is 2.43. The average molecular weight is 416 g/mol. The number of hydrogen-bond acceptors (Lipinski definition) is 9. The third-order valence-electron chi connectivity index (χ3n) is 3.58. The second-order valence-corrected chi connectivity index (χ2v) is 5.42. The topological polar surface area (TPSA) is 146 Å². The molecule has 11 heteroatoms. The van der Waals surface area contributed by atoms with Gasteiger partial charge in [-0.1, -0.05) is 24.3 Å². The number of amides is 1. The quantitative estimate of drug-likeness (QED) is 0.248. The Morgan fingerprint density at radius 1 is 0.966 bits per heavy atom. The van der Waals surface area contributed by atoms with Crippen molar-refractivity contribution in [1.29, 1.82) is 0 Å². The Balaban J connectivity index is 0.00000420. The van der Waals surface area contributed by atoms with Crippen molar-refractivity contribution in [3.8, 4) is 22.6 Å². The number of hydroxylamine groups is 1. The molecule has 0 saturated carbocycles. The number of carbonyl (C=O) groups excluding carboxylic acids is 3. The number of rotatable bonds is 6. The molecule has 0 aromatic carbocycles. The number of ether oxygens (including phenoxy) is 4. The van der Waals surface area contributed by atoms with Gasteiger partial charge in [-0.3, -0.25) is 10.0 Å². The molecule has 152 valence electrons. The molecule has 2 aliphatic rings. The Labute approximate surface area is 190 Å². The first kappa shape index (κ1) is 24.5. The maximum atomic E-state index is 11.8. The van der Waals surface area contributed by atoms with Crippen molar-refractivity contribution in [3.05, 3.63) is 29.8 Å². The summed E-state index contributed by atoms with van der Waals surface area (Å²) < 4.78 is 19.9. The van der Waals surface area contributed by atoms with Crippen LogP contribution in [0.5, 0.6) is 11.5 Å². The molecule has 0 unspecified atom stereocenters. The molecule has 4 N–H and O–H groups in total. The van der Waals surface area contributed by atoms with Gasteiger partial charge in [0.05, 0.1) is 19.6 Å². The number of fused-ring (bicyclic) bond motifs is 1. The third kappa shape index (κ3) is 6.23. The van der Waals surface area contributed by atoms with Crippen LogP contribution in [0.3, 0.4) is 0 Å². The predicted octanol–water partition coefficient (Wildman–Crippen LogP) is -0.391. The van der Waals surface area contributed by atoms with E-state index in [-0.39, 0.29) is 67.8 Å². The molecule has 2 aliphatic carbocycles. The second-order valence-electron chi connectivity index (χ2n) is 5.42. The van der Waals surface area contributed by atoms with Crippen molar-refractivity contribution in [2.24, 2.45) is 0 Å². The van der Waals surface area contributed by atoms with Crippen LogP contribution in [-0.4, -0.2) is 36.6 Å². The first-order valence-electron chi connectivity index (χ1n) is 8.37. The van der Waals surface area contributed by atoms with E-state index in [1.807, 2.05) is 0 Å². The summed E-state index contributed by atoms with van der Waals surface area (Å²) in [7, 11) is 0. The molecule has 0 aromatic rings. The molecule has 10 nitrogen and oxygen atoms in total. The van der Waals surface area contributed by atoms with Gasteiger partial charge >= 0.3 is 41.9 Å². The van der Waals surface area contributed by atoms with Gasteiger partial charge in [-0.15, -0.1) is 0 Å². The van der Waals surface area contributed by atoms with E-state index in [4.69, 9.17) is 29.9 Å². The molecule has 0 bridgehead atoms. The minimum absolute atomic E-state index is 0. The molecule has 0 radical (unpaired) electrons. The number of hydrogen-bond donors (Lipinski definition) is 3. The number of carbonyl (C=O) groups is 3. The first-order chi connectivity index (χ1) is 13.4. The summed E-state index contributed by atoms with van der Waals surface area (Å²) in [5.74, 6) is -0.723. The zero-order chi connectivity index (χ0) is 20.7. The van der Waals surface area contributed by atoms with Crippen LogP contribution < -0.4 is 50.2 Å². The average Bonchev–Trinajstić information content (AvgIpc) is 2.79. The van der Waals surface area contributed by atoms with Gasteiger partial charge in [0.2, 0.25) is 5.91 Å². The molecule has 0 heterocycles. The molecule has 29 heavy (non-hydrogen) atoms. The largest absolute Gasteiger partial charge is 1.00 e. The number of anilines is 1. The Bertz CT molecular complexity index is 807. The predicted molar refractivity (Wildman–Crippen MR) is 97.5 cm³/mol. The van der Waals surface area contributed by atoms with Crippen LogP contribution in [0.15, 0.2) is 24.3 Å². The van der Waals surface area contributed by atoms with Gasteiger partial charge in [-0.25, -0.2) is 15.1 Å². The molecule has 0 saturated heterocycles. The molecule has 1 amide bonds. The SMILES string of the molecule is CCOC(=O)Oc1c2ccc(CC(=O)NO)ccc-2c(OC(=O)OCC)c1N.[H-].[Na+]. The summed E-state index contributed by atoms with van der Waals surface area (Å²) in [6.45, 7) is 3.42. The summed E-state index contributed by atoms with van der Waals surface area (Å²) in [6.07, 6.45) is -2.06. The molecular formula is C18H21N2NaO8. The summed E-state index contributed by atoms with van der Waals surface area (Å²) in [5.41, 5.74) is 8.71. The molecule has 0 spiro atoms. The fraction of sp³-hybridized carbons (Fsp3) is 0.278. The van der Waals surface area contributed by atoms with Gasteiger partial charge in [-0.05, 0) is 19.4 Å². The van der Waals surface area contributed by atoms with E-state index in [1.165, 1.54) is 12.1 Å². The van der Waals surface area contributed by atoms with Crippen molar-refractivity contribution in [1.82, 2.24) is 5.48 Å². The summed E-state index contributed by atoms with van der Waals surface area (Å²) in [5, 5.41) is 8.67. The van der Waals surface area contributed by atoms with Crippen molar-refractivity contribution in [3.63, 3.8) is 0 Å². The molecule has 0 aliphatic heterocycles. The van der Waals surface area contributed by atoms with E-state index in [9.17, 15) is 14.4 Å². The van der Waals surface area contributed by atoms with Crippen LogP contribution in [0.2, 0.25) is 0 Å². The Kier molecular flexibility index (Phi) is 9.69. The van der Waals surface area contributed by atoms with E-state index >= 15 is 0 Å². The van der Waals surface area contributed by atoms with Gasteiger partial charge in [0.1, 0.15) is 5.69 Å². The standard InChI is InChI=1S/C18H20N2O8.Na.H/c1-3-25-17(22)27-15-11-7-5-10(9-13(21)20-24)6-8-12(11)16(14(15)19)28-18(23)26-4-2;;/h5-8,24H,3-4,9,19H2,1-2H3,(H,20,21);;/q;+1;-1. The van der Waals surface area contributed by atoms with Crippen LogP contribution in [-0.2, 0) is 20.7 Å². The van der Waals surface area contributed by atoms with Gasteiger partial charge in [0.25, 0.3) is 0 Å². The third-order valence-corrected chi connectivity index (χ3v) is 3.58. The normalized spacial score (nSPS) is 9.90. The van der Waals surface area contributed by atoms with Gasteiger partial charge in [-0.2, -0.15) is 0 Å². The molecule has 0 atom stereocenters. The Hall–Kier alpha value is -2.53. The van der Waals surface area contributed by atoms with E-state index in [2.05, 4.69) is 0 Å². The van der Waals surface area contributed by atoms with Gasteiger partial charge in [0, 0.05) is 11.1 Å². The minimum atomic E-state index is -0.977. The van der Waals surface area contributed by atoms with E-state index < -0.39 is 18.2 Å². The summed E-state index contributed by atoms with van der Waals surface area (Å²) in [6, 6.07) is 6.23. The molecule has 0 fully saturated rings. The molecule has 0 aromatic heterocycles. The fourth-order valence-electron chi connectivity index (χ4n) is 2.43. The minimum Gasteiger partial charge on any atom is -1.00 e. The Morgan fingerprint density at radius 3 is 1.79 bits per heavy atom. The summed E-state index contributed by atoms with van der Waals surface area (Å²) in [4.78, 5) is 34.9. The Morgan fingerprint density at radius 2 is 1.41 bits per heavy atom. The van der Waals surface area contributed by atoms with Crippen LogP contribution >= 0.6 is 0 Å². The maximum Gasteiger partial charge on any atom is 1.00 e. The van der Waals surface area contributed by atoms with Crippen LogP contribution in [0.1, 0.15) is 20.8 Å². The second kappa shape index (κ2) is 11.5. The first-order valence-corrected chi connectivity index (χ1v) is 8.37. The van der Waals surface area contributed by atoms with Gasteiger partial charge < -0.3 is 26.1 Å². The van der Waals surface area contributed by atoms with Crippen molar-refractivity contribution in [2.75, 3.05) is 18.9 Å². The van der Waals surface area contributed by atoms with E-state index in [0.29, 0.717) is 16.7 Å². The van der Waals surface area contributed by atoms with E-state index in [1.54, 1.807) is 31.5 Å². The van der Waals surface area contributed by atoms with Crippen LogP contribution in [0.25, 0.3) is 11.1 Å². The van der Waals surface area contributed by atoms with Crippen LogP contribution in [0, 0.1) is 0 Å². The zero-order valence-electron chi connectivity index (χ0n) is 17.3. The van der Waals surface area contributed by atoms with Crippen molar-refractivity contribution >= 4 is 23.9 Å². The van der Waals surface area contributed by atoms with E-state index in [0.717, 1.165) is 0 Å². The summed E-state index contributed by atoms with van der Waals surface area (Å²) >= 11 is 0. The van der Waals surface area contributed by atoms with Gasteiger partial charge in [0.15, 0.2) is 11.5 Å². The number of nitrogens with one attached hydrogen (secondary N) is 1. The number of nitrogen functional groups attached to an aromatic ring is 1. The van der Waals surface area contributed by atoms with Crippen molar-refractivity contribution in [2.45, 2.75) is 20.3 Å². The number of nitrogens with two attached hydrogens (primary N) is 1. The molecular weight excluding hydrogens is 395 g/mol. The molecule has 2 rings (SSSR count). The van der Waals surface area contributed by atoms with Crippen LogP contribution in [0.4, 0.5) is 15.3 Å². The maximum absolute atomic E-state index is 11.8. The monoisotopic (exact) mass is 416 g/mol. The van der Waals surface area contributed by atoms with Crippen molar-refractivity contribution < 1.29 is 69.5 Å². The smallest absolute Gasteiger partial charge is 1.00 e.